The monoisotopic (exact) mass is 216 g/mol. The molecule has 1 heterocycles. The molecule has 2 nitrogen and oxygen atoms in total. The highest BCUT2D eigenvalue weighted by Gasteiger charge is 2.03. The van der Waals surface area contributed by atoms with Gasteiger partial charge < -0.3 is 5.32 Å². The van der Waals surface area contributed by atoms with Gasteiger partial charge in [0.2, 0.25) is 0 Å². The van der Waals surface area contributed by atoms with Crippen LogP contribution < -0.4 is 5.32 Å². The van der Waals surface area contributed by atoms with Gasteiger partial charge in [-0.1, -0.05) is 12.1 Å². The third kappa shape index (κ3) is 2.37. The molecule has 1 aromatic heterocycles. The van der Waals surface area contributed by atoms with E-state index in [1.807, 2.05) is 25.1 Å². The lowest BCUT2D eigenvalue weighted by Gasteiger charge is -2.10. The van der Waals surface area contributed by atoms with Crippen molar-refractivity contribution in [1.29, 1.82) is 0 Å². The molecule has 0 aliphatic carbocycles. The third-order valence-corrected chi connectivity index (χ3v) is 2.44. The third-order valence-electron chi connectivity index (χ3n) is 2.44. The van der Waals surface area contributed by atoms with E-state index in [1.165, 1.54) is 6.07 Å². The van der Waals surface area contributed by atoms with Crippen LogP contribution in [-0.2, 0) is 6.54 Å². The number of halogens is 1. The minimum Gasteiger partial charge on any atom is -0.378 e. The molecule has 0 unspecified atom stereocenters. The lowest BCUT2D eigenvalue weighted by atomic mass is 10.2. The maximum absolute atomic E-state index is 13.5. The Morgan fingerprint density at radius 2 is 1.94 bits per heavy atom. The highest BCUT2D eigenvalue weighted by molar-refractivity contribution is 5.51. The Kier molecular flexibility index (Phi) is 3.15. The number of pyridine rings is 1. The number of benzene rings is 1. The predicted octanol–water partition coefficient (Wildman–Crippen LogP) is 3.14. The van der Waals surface area contributed by atoms with E-state index in [-0.39, 0.29) is 5.82 Å². The average molecular weight is 216 g/mol. The Hall–Kier alpha value is -1.90. The summed E-state index contributed by atoms with van der Waals surface area (Å²) in [6.07, 6.45) is 3.45. The largest absolute Gasteiger partial charge is 0.378 e. The van der Waals surface area contributed by atoms with Crippen molar-refractivity contribution in [3.05, 3.63) is 59.7 Å². The van der Waals surface area contributed by atoms with Crippen LogP contribution in [0.25, 0.3) is 0 Å². The number of aryl methyl sites for hydroxylation is 1. The summed E-state index contributed by atoms with van der Waals surface area (Å²) in [6, 6.07) is 8.87. The fraction of sp³-hybridized carbons (Fsp3) is 0.154. The first-order valence-corrected chi connectivity index (χ1v) is 5.15. The molecule has 2 rings (SSSR count). The first kappa shape index (κ1) is 10.6. The van der Waals surface area contributed by atoms with Crippen molar-refractivity contribution in [2.45, 2.75) is 13.5 Å². The molecule has 3 heteroatoms. The van der Waals surface area contributed by atoms with E-state index in [0.717, 1.165) is 11.1 Å². The number of aromatic nitrogens is 1. The Morgan fingerprint density at radius 3 is 2.62 bits per heavy atom. The highest BCUT2D eigenvalue weighted by Crippen LogP contribution is 2.19. The summed E-state index contributed by atoms with van der Waals surface area (Å²) in [5.41, 5.74) is 2.56. The van der Waals surface area contributed by atoms with E-state index >= 15 is 0 Å². The van der Waals surface area contributed by atoms with Crippen molar-refractivity contribution in [3.63, 3.8) is 0 Å². The highest BCUT2D eigenvalue weighted by atomic mass is 19.1. The van der Waals surface area contributed by atoms with Gasteiger partial charge in [-0.2, -0.15) is 0 Å². The molecule has 1 aromatic carbocycles. The van der Waals surface area contributed by atoms with Gasteiger partial charge in [-0.3, -0.25) is 4.98 Å². The van der Waals surface area contributed by atoms with Gasteiger partial charge in [0.15, 0.2) is 0 Å². The molecule has 0 bridgehead atoms. The van der Waals surface area contributed by atoms with Gasteiger partial charge in [0, 0.05) is 18.9 Å². The van der Waals surface area contributed by atoms with Crippen LogP contribution >= 0.6 is 0 Å². The zero-order chi connectivity index (χ0) is 11.4. The van der Waals surface area contributed by atoms with Gasteiger partial charge in [-0.25, -0.2) is 4.39 Å². The van der Waals surface area contributed by atoms with E-state index in [4.69, 9.17) is 0 Å². The van der Waals surface area contributed by atoms with E-state index in [1.54, 1.807) is 18.5 Å². The number of rotatable bonds is 3. The smallest absolute Gasteiger partial charge is 0.146 e. The van der Waals surface area contributed by atoms with E-state index in [2.05, 4.69) is 10.3 Å². The minimum absolute atomic E-state index is 0.214. The molecule has 0 radical (unpaired) electrons. The predicted molar refractivity (Wildman–Crippen MR) is 62.7 cm³/mol. The Morgan fingerprint density at radius 1 is 1.19 bits per heavy atom. The molecule has 0 saturated heterocycles. The molecule has 0 spiro atoms. The van der Waals surface area contributed by atoms with Crippen LogP contribution in [0.4, 0.5) is 10.1 Å². The first-order valence-electron chi connectivity index (χ1n) is 5.15. The van der Waals surface area contributed by atoms with Crippen molar-refractivity contribution in [1.82, 2.24) is 4.98 Å². The normalized spacial score (nSPS) is 10.1. The number of para-hydroxylation sites is 1. The second kappa shape index (κ2) is 4.75. The molecule has 0 aliphatic heterocycles. The molecule has 16 heavy (non-hydrogen) atoms. The molecule has 0 atom stereocenters. The molecule has 1 N–H and O–H groups in total. The molecular formula is C13H13FN2. The summed E-state index contributed by atoms with van der Waals surface area (Å²) in [5, 5.41) is 3.09. The summed E-state index contributed by atoms with van der Waals surface area (Å²) in [4.78, 5) is 3.93. The summed E-state index contributed by atoms with van der Waals surface area (Å²) < 4.78 is 13.5. The fourth-order valence-corrected chi connectivity index (χ4v) is 1.55. The summed E-state index contributed by atoms with van der Waals surface area (Å²) in [5.74, 6) is -0.214. The molecule has 0 fully saturated rings. The Balaban J connectivity index is 2.11. The van der Waals surface area contributed by atoms with E-state index in [0.29, 0.717) is 12.2 Å². The van der Waals surface area contributed by atoms with Crippen LogP contribution in [0.3, 0.4) is 0 Å². The van der Waals surface area contributed by atoms with Crippen molar-refractivity contribution in [3.8, 4) is 0 Å². The number of nitrogens with one attached hydrogen (secondary N) is 1. The quantitative estimate of drug-likeness (QED) is 0.852. The van der Waals surface area contributed by atoms with Gasteiger partial charge >= 0.3 is 0 Å². The second-order valence-corrected chi connectivity index (χ2v) is 3.64. The Bertz CT molecular complexity index is 448. The number of hydrogen-bond donors (Lipinski definition) is 1. The van der Waals surface area contributed by atoms with Gasteiger partial charge in [-0.15, -0.1) is 0 Å². The molecule has 82 valence electrons. The molecule has 0 aliphatic rings. The van der Waals surface area contributed by atoms with Crippen molar-refractivity contribution in [2.24, 2.45) is 0 Å². The van der Waals surface area contributed by atoms with Crippen molar-refractivity contribution in [2.75, 3.05) is 5.32 Å². The van der Waals surface area contributed by atoms with Crippen molar-refractivity contribution < 1.29 is 4.39 Å². The van der Waals surface area contributed by atoms with E-state index < -0.39 is 0 Å². The van der Waals surface area contributed by atoms with Gasteiger partial charge in [0.1, 0.15) is 5.82 Å². The SMILES string of the molecule is Cc1cccc(F)c1NCc1ccncc1. The van der Waals surface area contributed by atoms with Crippen molar-refractivity contribution >= 4 is 5.69 Å². The zero-order valence-electron chi connectivity index (χ0n) is 9.07. The summed E-state index contributed by atoms with van der Waals surface area (Å²) in [6.45, 7) is 2.49. The summed E-state index contributed by atoms with van der Waals surface area (Å²) >= 11 is 0. The van der Waals surface area contributed by atoms with Crippen LogP contribution in [0.2, 0.25) is 0 Å². The lowest BCUT2D eigenvalue weighted by molar-refractivity contribution is 0.629. The van der Waals surface area contributed by atoms with E-state index in [9.17, 15) is 4.39 Å². The first-order chi connectivity index (χ1) is 7.77. The van der Waals surface area contributed by atoms with Gasteiger partial charge in [0.05, 0.1) is 5.69 Å². The van der Waals surface area contributed by atoms with Crippen LogP contribution in [0.1, 0.15) is 11.1 Å². The molecule has 2 aromatic rings. The van der Waals surface area contributed by atoms with Crippen LogP contribution in [0.5, 0.6) is 0 Å². The van der Waals surface area contributed by atoms with Gasteiger partial charge in [0.25, 0.3) is 0 Å². The standard InChI is InChI=1S/C13H13FN2/c1-10-3-2-4-12(14)13(10)16-9-11-5-7-15-8-6-11/h2-8,16H,9H2,1H3. The topological polar surface area (TPSA) is 24.9 Å². The van der Waals surface area contributed by atoms with Crippen LogP contribution in [0, 0.1) is 12.7 Å². The number of nitrogens with zero attached hydrogens (tertiary/aromatic N) is 1. The molecule has 0 saturated carbocycles. The van der Waals surface area contributed by atoms with Crippen LogP contribution in [0.15, 0.2) is 42.7 Å². The molecular weight excluding hydrogens is 203 g/mol. The maximum atomic E-state index is 13.5. The molecule has 0 amide bonds. The minimum atomic E-state index is -0.214. The zero-order valence-corrected chi connectivity index (χ0v) is 9.07. The average Bonchev–Trinajstić information content (AvgIpc) is 2.30. The fourth-order valence-electron chi connectivity index (χ4n) is 1.55. The van der Waals surface area contributed by atoms with Crippen LogP contribution in [-0.4, -0.2) is 4.98 Å². The maximum Gasteiger partial charge on any atom is 0.146 e. The second-order valence-electron chi connectivity index (χ2n) is 3.64. The number of hydrogen-bond acceptors (Lipinski definition) is 2. The van der Waals surface area contributed by atoms with Gasteiger partial charge in [-0.05, 0) is 36.2 Å². The number of anilines is 1. The lowest BCUT2D eigenvalue weighted by Crippen LogP contribution is -2.03. The Labute approximate surface area is 94.2 Å². The summed E-state index contributed by atoms with van der Waals surface area (Å²) in [7, 11) is 0.